The topological polar surface area (TPSA) is 55.1 Å². The zero-order valence-electron chi connectivity index (χ0n) is 4.39. The first kappa shape index (κ1) is 7.72. The van der Waals surface area contributed by atoms with E-state index in [2.05, 4.69) is 5.32 Å². The van der Waals surface area contributed by atoms with Crippen molar-refractivity contribution in [2.45, 2.75) is 12.5 Å². The van der Waals surface area contributed by atoms with Crippen molar-refractivity contribution in [1.82, 2.24) is 5.32 Å². The quantitative estimate of drug-likeness (QED) is 0.499. The fourth-order valence-electron chi connectivity index (χ4n) is 0.532. The summed E-state index contributed by atoms with van der Waals surface area (Å²) in [5, 5.41) is 2.87. The highest BCUT2D eigenvalue weighted by atomic mass is 35.5. The standard InChI is InChI=1S/C4H8N2O.ClH/c5-4(7)3-1-2-6-3;/h3,6H,1-2H2,(H2,5,7);1H/t3-;/m1./s1. The summed E-state index contributed by atoms with van der Waals surface area (Å²) in [6, 6.07) is -0.0278. The minimum absolute atomic E-state index is 0. The maximum Gasteiger partial charge on any atom is 0.234 e. The van der Waals surface area contributed by atoms with Crippen LogP contribution >= 0.6 is 12.4 Å². The van der Waals surface area contributed by atoms with Crippen LogP contribution in [0.1, 0.15) is 6.42 Å². The Morgan fingerprint density at radius 3 is 2.25 bits per heavy atom. The van der Waals surface area contributed by atoms with Crippen LogP contribution in [0.2, 0.25) is 0 Å². The molecule has 0 aliphatic carbocycles. The van der Waals surface area contributed by atoms with Crippen molar-refractivity contribution in [1.29, 1.82) is 0 Å². The van der Waals surface area contributed by atoms with Crippen LogP contribution in [0.4, 0.5) is 0 Å². The number of carbonyl (C=O) groups is 1. The van der Waals surface area contributed by atoms with Gasteiger partial charge in [0.15, 0.2) is 0 Å². The number of nitrogens with one attached hydrogen (secondary N) is 1. The van der Waals surface area contributed by atoms with E-state index in [1.165, 1.54) is 0 Å². The highest BCUT2D eigenvalue weighted by Crippen LogP contribution is 1.98. The molecule has 0 aromatic carbocycles. The molecule has 4 heteroatoms. The third-order valence-corrected chi connectivity index (χ3v) is 1.17. The molecule has 1 saturated heterocycles. The van der Waals surface area contributed by atoms with Crippen LogP contribution < -0.4 is 11.1 Å². The maximum atomic E-state index is 10.1. The van der Waals surface area contributed by atoms with Crippen LogP contribution in [-0.4, -0.2) is 18.5 Å². The Morgan fingerprint density at radius 2 is 2.25 bits per heavy atom. The molecule has 0 unspecified atom stereocenters. The molecule has 1 fully saturated rings. The molecule has 1 aliphatic rings. The maximum absolute atomic E-state index is 10.1. The van der Waals surface area contributed by atoms with E-state index in [0.717, 1.165) is 13.0 Å². The van der Waals surface area contributed by atoms with Crippen molar-refractivity contribution < 1.29 is 4.79 Å². The number of rotatable bonds is 1. The van der Waals surface area contributed by atoms with E-state index < -0.39 is 0 Å². The van der Waals surface area contributed by atoms with Crippen molar-refractivity contribution in [3.05, 3.63) is 0 Å². The Labute approximate surface area is 54.0 Å². The molecule has 3 N–H and O–H groups in total. The van der Waals surface area contributed by atoms with Crippen LogP contribution in [0.25, 0.3) is 0 Å². The first-order valence-electron chi connectivity index (χ1n) is 2.33. The van der Waals surface area contributed by atoms with Gasteiger partial charge in [-0.15, -0.1) is 12.4 Å². The summed E-state index contributed by atoms with van der Waals surface area (Å²) in [5.74, 6) is -0.230. The lowest BCUT2D eigenvalue weighted by Crippen LogP contribution is -2.51. The van der Waals surface area contributed by atoms with Gasteiger partial charge in [-0.05, 0) is 13.0 Å². The largest absolute Gasteiger partial charge is 0.368 e. The van der Waals surface area contributed by atoms with Gasteiger partial charge in [0.25, 0.3) is 0 Å². The highest BCUT2D eigenvalue weighted by molar-refractivity contribution is 5.85. The molecule has 0 aromatic heterocycles. The third kappa shape index (κ3) is 1.35. The second kappa shape index (κ2) is 2.89. The zero-order chi connectivity index (χ0) is 5.28. The summed E-state index contributed by atoms with van der Waals surface area (Å²) in [4.78, 5) is 10.1. The van der Waals surface area contributed by atoms with Crippen LogP contribution in [0.15, 0.2) is 0 Å². The molecule has 1 rings (SSSR count). The molecule has 48 valence electrons. The molecular formula is C4H9ClN2O. The third-order valence-electron chi connectivity index (χ3n) is 1.17. The molecule has 8 heavy (non-hydrogen) atoms. The summed E-state index contributed by atoms with van der Waals surface area (Å²) in [7, 11) is 0. The second-order valence-electron chi connectivity index (χ2n) is 1.70. The fraction of sp³-hybridized carbons (Fsp3) is 0.750. The summed E-state index contributed by atoms with van der Waals surface area (Å²) in [6.45, 7) is 0.938. The molecule has 1 amide bonds. The molecule has 0 saturated carbocycles. The average Bonchev–Trinajstić information content (AvgIpc) is 1.23. The van der Waals surface area contributed by atoms with Gasteiger partial charge in [0, 0.05) is 0 Å². The predicted molar refractivity (Wildman–Crippen MR) is 32.9 cm³/mol. The molecule has 0 aromatic rings. The van der Waals surface area contributed by atoms with Crippen LogP contribution in [0.5, 0.6) is 0 Å². The van der Waals surface area contributed by atoms with Crippen molar-refractivity contribution in [3.8, 4) is 0 Å². The van der Waals surface area contributed by atoms with Crippen molar-refractivity contribution in [2.75, 3.05) is 6.54 Å². The fourth-order valence-corrected chi connectivity index (χ4v) is 0.532. The van der Waals surface area contributed by atoms with Gasteiger partial charge in [0.05, 0.1) is 6.04 Å². The lowest BCUT2D eigenvalue weighted by atomic mass is 10.1. The van der Waals surface area contributed by atoms with Crippen LogP contribution in [0.3, 0.4) is 0 Å². The normalized spacial score (nSPS) is 25.2. The first-order valence-corrected chi connectivity index (χ1v) is 2.33. The molecule has 1 aliphatic heterocycles. The van der Waals surface area contributed by atoms with Crippen LogP contribution in [-0.2, 0) is 4.79 Å². The summed E-state index contributed by atoms with van der Waals surface area (Å²) < 4.78 is 0. The number of hydrogen-bond acceptors (Lipinski definition) is 2. The Bertz CT molecular complexity index is 92.0. The molecule has 0 bridgehead atoms. The lowest BCUT2D eigenvalue weighted by Gasteiger charge is -2.23. The Balaban J connectivity index is 0.000000490. The van der Waals surface area contributed by atoms with Crippen LogP contribution in [0, 0.1) is 0 Å². The highest BCUT2D eigenvalue weighted by Gasteiger charge is 2.20. The van der Waals surface area contributed by atoms with Gasteiger partial charge in [0.2, 0.25) is 5.91 Å². The lowest BCUT2D eigenvalue weighted by molar-refractivity contribution is -0.121. The van der Waals surface area contributed by atoms with Crippen molar-refractivity contribution in [3.63, 3.8) is 0 Å². The average molecular weight is 137 g/mol. The van der Waals surface area contributed by atoms with Gasteiger partial charge < -0.3 is 11.1 Å². The molecule has 1 heterocycles. The smallest absolute Gasteiger partial charge is 0.234 e. The summed E-state index contributed by atoms with van der Waals surface area (Å²) in [5.41, 5.74) is 4.90. The minimum atomic E-state index is -0.230. The van der Waals surface area contributed by atoms with E-state index in [4.69, 9.17) is 5.73 Å². The van der Waals surface area contributed by atoms with Crippen molar-refractivity contribution >= 4 is 18.3 Å². The minimum Gasteiger partial charge on any atom is -0.368 e. The van der Waals surface area contributed by atoms with E-state index >= 15 is 0 Å². The predicted octanol–water partition coefficient (Wildman–Crippen LogP) is -0.745. The number of halogens is 1. The molecular weight excluding hydrogens is 128 g/mol. The zero-order valence-corrected chi connectivity index (χ0v) is 5.20. The summed E-state index contributed by atoms with van der Waals surface area (Å²) in [6.07, 6.45) is 0.912. The number of nitrogens with two attached hydrogens (primary N) is 1. The second-order valence-corrected chi connectivity index (χ2v) is 1.70. The van der Waals surface area contributed by atoms with E-state index in [9.17, 15) is 4.79 Å². The van der Waals surface area contributed by atoms with Gasteiger partial charge in [-0.2, -0.15) is 0 Å². The SMILES string of the molecule is Cl.NC(=O)[C@H]1CCN1. The van der Waals surface area contributed by atoms with Gasteiger partial charge in [-0.25, -0.2) is 0 Å². The summed E-state index contributed by atoms with van der Waals surface area (Å²) >= 11 is 0. The van der Waals surface area contributed by atoms with E-state index in [-0.39, 0.29) is 24.4 Å². The Hall–Kier alpha value is -0.280. The van der Waals surface area contributed by atoms with Gasteiger partial charge in [-0.1, -0.05) is 0 Å². The van der Waals surface area contributed by atoms with E-state index in [1.54, 1.807) is 0 Å². The van der Waals surface area contributed by atoms with Crippen molar-refractivity contribution in [2.24, 2.45) is 5.73 Å². The number of amides is 1. The molecule has 0 spiro atoms. The molecule has 0 radical (unpaired) electrons. The molecule has 1 atom stereocenters. The van der Waals surface area contributed by atoms with E-state index in [0.29, 0.717) is 0 Å². The Morgan fingerprint density at radius 1 is 1.75 bits per heavy atom. The van der Waals surface area contributed by atoms with Gasteiger partial charge in [0.1, 0.15) is 0 Å². The number of primary amides is 1. The number of hydrogen-bond donors (Lipinski definition) is 2. The first-order chi connectivity index (χ1) is 3.30. The van der Waals surface area contributed by atoms with Gasteiger partial charge in [-0.3, -0.25) is 4.79 Å². The van der Waals surface area contributed by atoms with E-state index in [1.807, 2.05) is 0 Å². The Kier molecular flexibility index (Phi) is 2.79. The van der Waals surface area contributed by atoms with Gasteiger partial charge >= 0.3 is 0 Å². The monoisotopic (exact) mass is 136 g/mol. The number of carbonyl (C=O) groups excluding carboxylic acids is 1. The molecule has 3 nitrogen and oxygen atoms in total.